The van der Waals surface area contributed by atoms with Crippen molar-refractivity contribution in [2.45, 2.75) is 45.1 Å². The van der Waals surface area contributed by atoms with Gasteiger partial charge in [-0.25, -0.2) is 4.79 Å². The van der Waals surface area contributed by atoms with Crippen LogP contribution in [-0.2, 0) is 6.42 Å². The zero-order chi connectivity index (χ0) is 15.4. The minimum absolute atomic E-state index is 0.111. The Morgan fingerprint density at radius 2 is 2.05 bits per heavy atom. The Hall–Kier alpha value is -1.71. The number of hydrogen-bond donors (Lipinski definition) is 1. The molecule has 0 spiro atoms. The summed E-state index contributed by atoms with van der Waals surface area (Å²) in [6.07, 6.45) is 5.94. The van der Waals surface area contributed by atoms with E-state index < -0.39 is 0 Å². The van der Waals surface area contributed by atoms with E-state index in [-0.39, 0.29) is 6.03 Å². The zero-order valence-corrected chi connectivity index (χ0v) is 13.6. The Labute approximate surface area is 133 Å². The number of benzene rings is 1. The molecule has 1 N–H and O–H groups in total. The molecule has 0 unspecified atom stereocenters. The molecule has 2 aliphatic rings. The van der Waals surface area contributed by atoms with Crippen LogP contribution in [0.2, 0.25) is 0 Å². The van der Waals surface area contributed by atoms with E-state index in [1.807, 2.05) is 4.90 Å². The summed E-state index contributed by atoms with van der Waals surface area (Å²) in [5.41, 5.74) is 2.81. The Bertz CT molecular complexity index is 511. The van der Waals surface area contributed by atoms with Crippen molar-refractivity contribution in [1.29, 1.82) is 0 Å². The number of hydrogen-bond acceptors (Lipinski definition) is 2. The number of carbonyl (C=O) groups is 1. The third-order valence-corrected chi connectivity index (χ3v) is 4.82. The first-order valence-corrected chi connectivity index (χ1v) is 8.67. The van der Waals surface area contributed by atoms with Crippen molar-refractivity contribution >= 4 is 11.7 Å². The van der Waals surface area contributed by atoms with Gasteiger partial charge in [-0.1, -0.05) is 44.4 Å². The zero-order valence-electron chi connectivity index (χ0n) is 13.6. The van der Waals surface area contributed by atoms with E-state index in [4.69, 9.17) is 0 Å². The van der Waals surface area contributed by atoms with E-state index in [0.29, 0.717) is 6.04 Å². The third-order valence-electron chi connectivity index (χ3n) is 4.82. The van der Waals surface area contributed by atoms with Crippen molar-refractivity contribution in [2.75, 3.05) is 31.1 Å². The van der Waals surface area contributed by atoms with Gasteiger partial charge in [0.1, 0.15) is 0 Å². The molecule has 2 amide bonds. The van der Waals surface area contributed by atoms with E-state index >= 15 is 0 Å². The Morgan fingerprint density at radius 3 is 2.86 bits per heavy atom. The number of unbranched alkanes of at least 4 members (excludes halogenated alkanes) is 3. The maximum atomic E-state index is 12.1. The number of nitrogens with one attached hydrogen (secondary N) is 1. The first-order valence-electron chi connectivity index (χ1n) is 8.67. The topological polar surface area (TPSA) is 35.6 Å². The molecule has 0 aliphatic carbocycles. The summed E-state index contributed by atoms with van der Waals surface area (Å²) in [5.74, 6) is 0. The SMILES string of the molecule is CCCCCCNC(=O)N1CC(N2CCc3ccccc32)C1. The minimum Gasteiger partial charge on any atom is -0.364 e. The van der Waals surface area contributed by atoms with Crippen LogP contribution in [0.1, 0.15) is 38.2 Å². The summed E-state index contributed by atoms with van der Waals surface area (Å²) in [6.45, 7) is 5.82. The summed E-state index contributed by atoms with van der Waals surface area (Å²) in [6, 6.07) is 9.25. The number of urea groups is 1. The largest absolute Gasteiger partial charge is 0.364 e. The van der Waals surface area contributed by atoms with Gasteiger partial charge in [0.15, 0.2) is 0 Å². The normalized spacial score (nSPS) is 17.3. The molecule has 1 aromatic rings. The summed E-state index contributed by atoms with van der Waals surface area (Å²) in [7, 11) is 0. The smallest absolute Gasteiger partial charge is 0.317 e. The first-order chi connectivity index (χ1) is 10.8. The van der Waals surface area contributed by atoms with Gasteiger partial charge in [-0.3, -0.25) is 0 Å². The Kier molecular flexibility index (Phi) is 4.86. The molecule has 0 atom stereocenters. The third kappa shape index (κ3) is 3.21. The summed E-state index contributed by atoms with van der Waals surface area (Å²) < 4.78 is 0. The van der Waals surface area contributed by atoms with Gasteiger partial charge in [0, 0.05) is 31.9 Å². The number of rotatable bonds is 6. The highest BCUT2D eigenvalue weighted by molar-refractivity contribution is 5.75. The highest BCUT2D eigenvalue weighted by atomic mass is 16.2. The van der Waals surface area contributed by atoms with E-state index in [2.05, 4.69) is 41.4 Å². The number of fused-ring (bicyclic) bond motifs is 1. The standard InChI is InChI=1S/C18H27N3O/c1-2-3-4-7-11-19-18(22)20-13-16(14-20)21-12-10-15-8-5-6-9-17(15)21/h5-6,8-9,16H,2-4,7,10-14H2,1H3,(H,19,22). The van der Waals surface area contributed by atoms with Crippen LogP contribution in [-0.4, -0.2) is 43.2 Å². The quantitative estimate of drug-likeness (QED) is 0.820. The van der Waals surface area contributed by atoms with Crippen LogP contribution in [0, 0.1) is 0 Å². The van der Waals surface area contributed by atoms with Gasteiger partial charge in [-0.05, 0) is 24.5 Å². The molecule has 0 aromatic heterocycles. The Morgan fingerprint density at radius 1 is 1.23 bits per heavy atom. The molecule has 0 radical (unpaired) electrons. The predicted octanol–water partition coefficient (Wildman–Crippen LogP) is 3.02. The van der Waals surface area contributed by atoms with Gasteiger partial charge < -0.3 is 15.1 Å². The molecule has 1 aromatic carbocycles. The number of amides is 2. The highest BCUT2D eigenvalue weighted by Gasteiger charge is 2.37. The average Bonchev–Trinajstić information content (AvgIpc) is 2.90. The molecular weight excluding hydrogens is 274 g/mol. The van der Waals surface area contributed by atoms with Gasteiger partial charge in [0.25, 0.3) is 0 Å². The molecule has 120 valence electrons. The Balaban J connectivity index is 1.40. The van der Waals surface area contributed by atoms with Crippen molar-refractivity contribution in [1.82, 2.24) is 10.2 Å². The average molecular weight is 301 g/mol. The minimum atomic E-state index is 0.111. The monoisotopic (exact) mass is 301 g/mol. The lowest BCUT2D eigenvalue weighted by atomic mass is 10.1. The summed E-state index contributed by atoms with van der Waals surface area (Å²) >= 11 is 0. The maximum absolute atomic E-state index is 12.1. The molecule has 1 fully saturated rings. The van der Waals surface area contributed by atoms with Crippen LogP contribution in [0.5, 0.6) is 0 Å². The molecule has 0 bridgehead atoms. The van der Waals surface area contributed by atoms with Gasteiger partial charge in [-0.15, -0.1) is 0 Å². The lowest BCUT2D eigenvalue weighted by Crippen LogP contribution is -2.63. The second kappa shape index (κ2) is 7.03. The number of likely N-dealkylation sites (tertiary alicyclic amines) is 1. The van der Waals surface area contributed by atoms with Gasteiger partial charge in [0.05, 0.1) is 6.04 Å². The fourth-order valence-electron chi connectivity index (χ4n) is 3.42. The molecule has 3 rings (SSSR count). The lowest BCUT2D eigenvalue weighted by Gasteiger charge is -2.45. The second-order valence-corrected chi connectivity index (χ2v) is 6.42. The van der Waals surface area contributed by atoms with Gasteiger partial charge in [0.2, 0.25) is 0 Å². The van der Waals surface area contributed by atoms with Crippen LogP contribution in [0.4, 0.5) is 10.5 Å². The molecule has 0 saturated carbocycles. The van der Waals surface area contributed by atoms with E-state index in [1.54, 1.807) is 0 Å². The van der Waals surface area contributed by atoms with Crippen molar-refractivity contribution in [3.05, 3.63) is 29.8 Å². The number of carbonyl (C=O) groups excluding carboxylic acids is 1. The summed E-state index contributed by atoms with van der Waals surface area (Å²) in [5, 5.41) is 3.04. The molecule has 1 saturated heterocycles. The molecule has 4 heteroatoms. The summed E-state index contributed by atoms with van der Waals surface area (Å²) in [4.78, 5) is 16.5. The van der Waals surface area contributed by atoms with Crippen LogP contribution < -0.4 is 10.2 Å². The van der Waals surface area contributed by atoms with Crippen molar-refractivity contribution in [2.24, 2.45) is 0 Å². The van der Waals surface area contributed by atoms with Crippen LogP contribution in [0.3, 0.4) is 0 Å². The lowest BCUT2D eigenvalue weighted by molar-refractivity contribution is 0.149. The van der Waals surface area contributed by atoms with Crippen LogP contribution in [0.15, 0.2) is 24.3 Å². The van der Waals surface area contributed by atoms with Crippen LogP contribution in [0.25, 0.3) is 0 Å². The number of nitrogens with zero attached hydrogens (tertiary/aromatic N) is 2. The molecule has 22 heavy (non-hydrogen) atoms. The van der Waals surface area contributed by atoms with Crippen molar-refractivity contribution in [3.63, 3.8) is 0 Å². The van der Waals surface area contributed by atoms with Gasteiger partial charge >= 0.3 is 6.03 Å². The molecule has 2 heterocycles. The van der Waals surface area contributed by atoms with Crippen molar-refractivity contribution in [3.8, 4) is 0 Å². The molecule has 4 nitrogen and oxygen atoms in total. The fraction of sp³-hybridized carbons (Fsp3) is 0.611. The molecule has 2 aliphatic heterocycles. The van der Waals surface area contributed by atoms with Gasteiger partial charge in [-0.2, -0.15) is 0 Å². The van der Waals surface area contributed by atoms with Crippen molar-refractivity contribution < 1.29 is 4.79 Å². The van der Waals surface area contributed by atoms with Crippen LogP contribution >= 0.6 is 0 Å². The fourth-order valence-corrected chi connectivity index (χ4v) is 3.42. The van der Waals surface area contributed by atoms with E-state index in [0.717, 1.165) is 39.0 Å². The number of anilines is 1. The highest BCUT2D eigenvalue weighted by Crippen LogP contribution is 2.31. The predicted molar refractivity (Wildman–Crippen MR) is 90.4 cm³/mol. The molecular formula is C18H27N3O. The van der Waals surface area contributed by atoms with E-state index in [1.165, 1.54) is 30.5 Å². The number of para-hydroxylation sites is 1. The van der Waals surface area contributed by atoms with E-state index in [9.17, 15) is 4.79 Å². The second-order valence-electron chi connectivity index (χ2n) is 6.42. The maximum Gasteiger partial charge on any atom is 0.317 e. The first kappa shape index (κ1) is 15.2.